The van der Waals surface area contributed by atoms with Crippen LogP contribution in [0.5, 0.6) is 5.75 Å². The van der Waals surface area contributed by atoms with E-state index in [9.17, 15) is 10.2 Å². The lowest BCUT2D eigenvalue weighted by Crippen LogP contribution is -2.32. The van der Waals surface area contributed by atoms with E-state index in [-0.39, 0.29) is 6.61 Å². The molecule has 2 N–H and O–H groups in total. The van der Waals surface area contributed by atoms with Crippen LogP contribution in [0, 0.1) is 13.8 Å². The number of aliphatic hydroxyl groups excluding tert-OH is 1. The Morgan fingerprint density at radius 2 is 1.88 bits per heavy atom. The molecule has 1 fully saturated rings. The van der Waals surface area contributed by atoms with Gasteiger partial charge in [0.1, 0.15) is 5.75 Å². The van der Waals surface area contributed by atoms with Crippen molar-refractivity contribution in [3.05, 3.63) is 46.8 Å². The second kappa shape index (κ2) is 8.02. The maximum atomic E-state index is 10.2. The normalized spacial score (nSPS) is 15.4. The van der Waals surface area contributed by atoms with Crippen molar-refractivity contribution in [3.8, 4) is 5.75 Å². The Labute approximate surface area is 149 Å². The van der Waals surface area contributed by atoms with Crippen LogP contribution in [0.2, 0.25) is 0 Å². The largest absolute Gasteiger partial charge is 0.508 e. The van der Waals surface area contributed by atoms with Crippen LogP contribution in [-0.4, -0.2) is 37.5 Å². The summed E-state index contributed by atoms with van der Waals surface area (Å²) in [7, 11) is 0. The molecule has 0 atom stereocenters. The average molecular weight is 343 g/mol. The number of phenols is 1. The fourth-order valence-electron chi connectivity index (χ4n) is 3.93. The van der Waals surface area contributed by atoms with E-state index in [0.29, 0.717) is 18.3 Å². The fraction of sp³-hybridized carbons (Fsp3) is 0.550. The zero-order valence-corrected chi connectivity index (χ0v) is 15.3. The van der Waals surface area contributed by atoms with Crippen molar-refractivity contribution in [2.75, 3.05) is 6.61 Å². The van der Waals surface area contributed by atoms with Gasteiger partial charge in [-0.3, -0.25) is 9.58 Å². The summed E-state index contributed by atoms with van der Waals surface area (Å²) in [6.45, 7) is 6.35. The molecule has 1 saturated carbocycles. The van der Waals surface area contributed by atoms with Crippen molar-refractivity contribution in [1.29, 1.82) is 0 Å². The molecule has 25 heavy (non-hydrogen) atoms. The van der Waals surface area contributed by atoms with E-state index in [1.54, 1.807) is 6.07 Å². The Balaban J connectivity index is 1.84. The second-order valence-corrected chi connectivity index (χ2v) is 7.07. The van der Waals surface area contributed by atoms with Gasteiger partial charge in [0.05, 0.1) is 18.8 Å². The first kappa shape index (κ1) is 18.0. The Morgan fingerprint density at radius 3 is 2.56 bits per heavy atom. The number of para-hydroxylation sites is 1. The third kappa shape index (κ3) is 4.05. The number of nitrogens with zero attached hydrogens (tertiary/aromatic N) is 3. The zero-order chi connectivity index (χ0) is 17.8. The molecule has 3 rings (SSSR count). The number of benzene rings is 1. The van der Waals surface area contributed by atoms with E-state index in [1.807, 2.05) is 29.8 Å². The SMILES string of the molecule is Cc1nn(CCO)c(C)c1CN(Cc1ccccc1O)C1CCCC1. The van der Waals surface area contributed by atoms with Gasteiger partial charge in [0.25, 0.3) is 0 Å². The summed E-state index contributed by atoms with van der Waals surface area (Å²) in [5.74, 6) is 0.370. The lowest BCUT2D eigenvalue weighted by atomic mass is 10.1. The van der Waals surface area contributed by atoms with Crippen molar-refractivity contribution >= 4 is 0 Å². The van der Waals surface area contributed by atoms with Crippen molar-refractivity contribution in [3.63, 3.8) is 0 Å². The molecule has 1 aromatic carbocycles. The molecule has 0 saturated heterocycles. The molecular formula is C20H29N3O2. The van der Waals surface area contributed by atoms with Gasteiger partial charge in [-0.25, -0.2) is 0 Å². The van der Waals surface area contributed by atoms with E-state index in [2.05, 4.69) is 16.9 Å². The Morgan fingerprint density at radius 1 is 1.16 bits per heavy atom. The lowest BCUT2D eigenvalue weighted by Gasteiger charge is -2.29. The summed E-state index contributed by atoms with van der Waals surface area (Å²) in [4.78, 5) is 2.49. The number of rotatable bonds is 7. The highest BCUT2D eigenvalue weighted by Crippen LogP contribution is 2.29. The molecule has 1 aromatic heterocycles. The van der Waals surface area contributed by atoms with Crippen molar-refractivity contribution in [2.24, 2.45) is 0 Å². The summed E-state index contributed by atoms with van der Waals surface area (Å²) < 4.78 is 1.90. The van der Waals surface area contributed by atoms with E-state index < -0.39 is 0 Å². The number of aryl methyl sites for hydroxylation is 1. The van der Waals surface area contributed by atoms with Crippen LogP contribution in [0.15, 0.2) is 24.3 Å². The number of phenolic OH excluding ortho intramolecular Hbond substituents is 1. The molecule has 0 aliphatic heterocycles. The van der Waals surface area contributed by atoms with Gasteiger partial charge < -0.3 is 10.2 Å². The number of aromatic nitrogens is 2. The van der Waals surface area contributed by atoms with E-state index in [1.165, 1.54) is 31.2 Å². The number of hydrogen-bond donors (Lipinski definition) is 2. The van der Waals surface area contributed by atoms with Crippen LogP contribution in [0.4, 0.5) is 0 Å². The quantitative estimate of drug-likeness (QED) is 0.811. The summed E-state index contributed by atoms with van der Waals surface area (Å²) in [6.07, 6.45) is 5.00. The lowest BCUT2D eigenvalue weighted by molar-refractivity contribution is 0.178. The minimum Gasteiger partial charge on any atom is -0.508 e. The maximum Gasteiger partial charge on any atom is 0.120 e. The smallest absolute Gasteiger partial charge is 0.120 e. The number of hydrogen-bond acceptors (Lipinski definition) is 4. The second-order valence-electron chi connectivity index (χ2n) is 7.07. The Kier molecular flexibility index (Phi) is 5.76. The monoisotopic (exact) mass is 343 g/mol. The van der Waals surface area contributed by atoms with Crippen LogP contribution in [0.3, 0.4) is 0 Å². The topological polar surface area (TPSA) is 61.5 Å². The Bertz CT molecular complexity index is 705. The highest BCUT2D eigenvalue weighted by molar-refractivity contribution is 5.32. The molecule has 2 aromatic rings. The van der Waals surface area contributed by atoms with Crippen LogP contribution >= 0.6 is 0 Å². The van der Waals surface area contributed by atoms with Gasteiger partial charge in [-0.2, -0.15) is 5.10 Å². The first-order valence-electron chi connectivity index (χ1n) is 9.24. The molecule has 0 unspecified atom stereocenters. The van der Waals surface area contributed by atoms with Crippen LogP contribution in [0.1, 0.15) is 48.2 Å². The van der Waals surface area contributed by atoms with Gasteiger partial charge in [0, 0.05) is 36.0 Å². The van der Waals surface area contributed by atoms with Gasteiger partial charge in [0.2, 0.25) is 0 Å². The van der Waals surface area contributed by atoms with E-state index >= 15 is 0 Å². The van der Waals surface area contributed by atoms with Gasteiger partial charge in [-0.1, -0.05) is 31.0 Å². The van der Waals surface area contributed by atoms with Crippen molar-refractivity contribution in [1.82, 2.24) is 14.7 Å². The van der Waals surface area contributed by atoms with Crippen molar-refractivity contribution < 1.29 is 10.2 Å². The standard InChI is InChI=1S/C20H29N3O2/c1-15-19(16(2)23(21-15)11-12-24)14-22(18-8-4-5-9-18)13-17-7-3-6-10-20(17)25/h3,6-7,10,18,24-25H,4-5,8-9,11-14H2,1-2H3. The van der Waals surface area contributed by atoms with Gasteiger partial charge in [0.15, 0.2) is 0 Å². The van der Waals surface area contributed by atoms with Gasteiger partial charge in [-0.05, 0) is 32.8 Å². The molecule has 0 amide bonds. The summed E-state index contributed by atoms with van der Waals surface area (Å²) >= 11 is 0. The zero-order valence-electron chi connectivity index (χ0n) is 15.3. The predicted molar refractivity (Wildman–Crippen MR) is 98.4 cm³/mol. The Hall–Kier alpha value is -1.85. The van der Waals surface area contributed by atoms with Gasteiger partial charge >= 0.3 is 0 Å². The predicted octanol–water partition coefficient (Wildman–Crippen LogP) is 3.14. The number of aromatic hydroxyl groups is 1. The minimum absolute atomic E-state index is 0.103. The van der Waals surface area contributed by atoms with E-state index in [4.69, 9.17) is 0 Å². The third-order valence-electron chi connectivity index (χ3n) is 5.41. The maximum absolute atomic E-state index is 10.2. The average Bonchev–Trinajstić information content (AvgIpc) is 3.21. The van der Waals surface area contributed by atoms with Crippen LogP contribution in [-0.2, 0) is 19.6 Å². The molecule has 136 valence electrons. The highest BCUT2D eigenvalue weighted by Gasteiger charge is 2.25. The molecule has 1 heterocycles. The molecular weight excluding hydrogens is 314 g/mol. The number of aliphatic hydroxyl groups is 1. The third-order valence-corrected chi connectivity index (χ3v) is 5.41. The van der Waals surface area contributed by atoms with Gasteiger partial charge in [-0.15, -0.1) is 0 Å². The molecule has 1 aliphatic rings. The summed E-state index contributed by atoms with van der Waals surface area (Å²) in [5.41, 5.74) is 4.39. The summed E-state index contributed by atoms with van der Waals surface area (Å²) in [5, 5.41) is 24.0. The molecule has 1 aliphatic carbocycles. The van der Waals surface area contributed by atoms with Crippen LogP contribution in [0.25, 0.3) is 0 Å². The minimum atomic E-state index is 0.103. The fourth-order valence-corrected chi connectivity index (χ4v) is 3.93. The molecule has 5 nitrogen and oxygen atoms in total. The first-order chi connectivity index (χ1) is 12.1. The van der Waals surface area contributed by atoms with Crippen molar-refractivity contribution in [2.45, 2.75) is 65.2 Å². The molecule has 5 heteroatoms. The molecule has 0 spiro atoms. The van der Waals surface area contributed by atoms with Crippen LogP contribution < -0.4 is 0 Å². The molecule has 0 radical (unpaired) electrons. The molecule has 0 bridgehead atoms. The highest BCUT2D eigenvalue weighted by atomic mass is 16.3. The summed E-state index contributed by atoms with van der Waals surface area (Å²) in [6, 6.07) is 8.17. The van der Waals surface area contributed by atoms with E-state index in [0.717, 1.165) is 30.0 Å². The first-order valence-corrected chi connectivity index (χ1v) is 9.24.